The molecule has 1 heterocycles. The highest BCUT2D eigenvalue weighted by Crippen LogP contribution is 2.09. The van der Waals surface area contributed by atoms with Gasteiger partial charge in [0.2, 0.25) is 0 Å². The Kier molecular flexibility index (Phi) is 5.90. The lowest BCUT2D eigenvalue weighted by Gasteiger charge is -2.24. The van der Waals surface area contributed by atoms with Crippen LogP contribution in [0.4, 0.5) is 0 Å². The Bertz CT molecular complexity index is 148. The zero-order valence-corrected chi connectivity index (χ0v) is 10.5. The van der Waals surface area contributed by atoms with Crippen LogP contribution in [0.25, 0.3) is 0 Å². The first-order chi connectivity index (χ1) is 6.76. The van der Waals surface area contributed by atoms with Crippen LogP contribution in [0.5, 0.6) is 0 Å². The van der Waals surface area contributed by atoms with Crippen LogP contribution in [-0.4, -0.2) is 55.3 Å². The van der Waals surface area contributed by atoms with Gasteiger partial charge in [-0.1, -0.05) is 13.3 Å². The molecule has 1 fully saturated rings. The second-order valence-corrected chi connectivity index (χ2v) is 4.78. The first-order valence-corrected chi connectivity index (χ1v) is 6.41. The molecule has 0 aromatic carbocycles. The lowest BCUT2D eigenvalue weighted by atomic mass is 10.1. The summed E-state index contributed by atoms with van der Waals surface area (Å²) < 4.78 is 0. The van der Waals surface area contributed by atoms with Crippen molar-refractivity contribution >= 4 is 12.6 Å². The fraction of sp³-hybridized carbons (Fsp3) is 1.00. The first kappa shape index (κ1) is 12.3. The molecule has 0 radical (unpaired) electrons. The summed E-state index contributed by atoms with van der Waals surface area (Å²) in [5.74, 6) is 1.81. The van der Waals surface area contributed by atoms with Crippen molar-refractivity contribution in [2.24, 2.45) is 5.92 Å². The van der Waals surface area contributed by atoms with E-state index in [2.05, 4.69) is 36.4 Å². The van der Waals surface area contributed by atoms with E-state index in [4.69, 9.17) is 0 Å². The third-order valence-electron chi connectivity index (χ3n) is 3.16. The Balaban J connectivity index is 2.29. The van der Waals surface area contributed by atoms with Gasteiger partial charge in [-0.05, 0) is 38.2 Å². The number of hydrogen-bond acceptors (Lipinski definition) is 3. The van der Waals surface area contributed by atoms with E-state index in [-0.39, 0.29) is 0 Å². The standard InChI is InChI=1S/C11H24N2S/c1-3-11(10-14)9-13-6-4-5-12(2)7-8-13/h11,14H,3-10H2,1-2H3. The van der Waals surface area contributed by atoms with Crippen molar-refractivity contribution in [2.75, 3.05) is 45.5 Å². The van der Waals surface area contributed by atoms with Crippen LogP contribution in [0.15, 0.2) is 0 Å². The second-order valence-electron chi connectivity index (χ2n) is 4.41. The lowest BCUT2D eigenvalue weighted by Crippen LogP contribution is -2.33. The van der Waals surface area contributed by atoms with E-state index in [0.717, 1.165) is 11.7 Å². The minimum absolute atomic E-state index is 0.779. The Labute approximate surface area is 94.1 Å². The highest BCUT2D eigenvalue weighted by molar-refractivity contribution is 7.80. The van der Waals surface area contributed by atoms with E-state index >= 15 is 0 Å². The number of likely N-dealkylation sites (N-methyl/N-ethyl adjacent to an activating group) is 1. The molecule has 0 saturated carbocycles. The maximum absolute atomic E-state index is 4.40. The largest absolute Gasteiger partial charge is 0.305 e. The average Bonchev–Trinajstić information content (AvgIpc) is 2.40. The van der Waals surface area contributed by atoms with Gasteiger partial charge in [-0.3, -0.25) is 0 Å². The quantitative estimate of drug-likeness (QED) is 0.713. The molecule has 1 atom stereocenters. The van der Waals surface area contributed by atoms with Gasteiger partial charge in [-0.15, -0.1) is 0 Å². The van der Waals surface area contributed by atoms with E-state index in [1.165, 1.54) is 45.6 Å². The topological polar surface area (TPSA) is 6.48 Å². The first-order valence-electron chi connectivity index (χ1n) is 5.78. The normalized spacial score (nSPS) is 23.4. The van der Waals surface area contributed by atoms with Crippen LogP contribution in [0, 0.1) is 5.92 Å². The van der Waals surface area contributed by atoms with Crippen LogP contribution >= 0.6 is 12.6 Å². The molecule has 1 saturated heterocycles. The number of rotatable bonds is 4. The number of thiol groups is 1. The highest BCUT2D eigenvalue weighted by Gasteiger charge is 2.14. The Morgan fingerprint density at radius 2 is 2.00 bits per heavy atom. The van der Waals surface area contributed by atoms with Crippen LogP contribution in [0.2, 0.25) is 0 Å². The molecule has 84 valence electrons. The summed E-state index contributed by atoms with van der Waals surface area (Å²) >= 11 is 4.40. The molecule has 1 rings (SSSR count). The van der Waals surface area contributed by atoms with E-state index in [1.807, 2.05) is 0 Å². The van der Waals surface area contributed by atoms with Crippen molar-refractivity contribution in [1.82, 2.24) is 9.80 Å². The summed E-state index contributed by atoms with van der Waals surface area (Å²) in [5.41, 5.74) is 0. The van der Waals surface area contributed by atoms with Gasteiger partial charge in [0, 0.05) is 19.6 Å². The summed E-state index contributed by atoms with van der Waals surface area (Å²) in [5, 5.41) is 0. The summed E-state index contributed by atoms with van der Waals surface area (Å²) in [4.78, 5) is 5.04. The molecular formula is C11H24N2S. The van der Waals surface area contributed by atoms with Crippen LogP contribution in [-0.2, 0) is 0 Å². The summed E-state index contributed by atoms with van der Waals surface area (Å²) in [7, 11) is 2.22. The average molecular weight is 216 g/mol. The SMILES string of the molecule is CCC(CS)CN1CCCN(C)CC1. The molecule has 0 amide bonds. The van der Waals surface area contributed by atoms with Crippen LogP contribution in [0.3, 0.4) is 0 Å². The minimum Gasteiger partial charge on any atom is -0.305 e. The highest BCUT2D eigenvalue weighted by atomic mass is 32.1. The molecule has 2 nitrogen and oxygen atoms in total. The van der Waals surface area contributed by atoms with Crippen molar-refractivity contribution in [1.29, 1.82) is 0 Å². The van der Waals surface area contributed by atoms with E-state index in [9.17, 15) is 0 Å². The zero-order valence-electron chi connectivity index (χ0n) is 9.58. The molecule has 0 bridgehead atoms. The predicted octanol–water partition coefficient (Wildman–Crippen LogP) is 1.58. The van der Waals surface area contributed by atoms with Gasteiger partial charge in [0.25, 0.3) is 0 Å². The fourth-order valence-corrected chi connectivity index (χ4v) is 2.34. The van der Waals surface area contributed by atoms with E-state index in [0.29, 0.717) is 0 Å². The van der Waals surface area contributed by atoms with Gasteiger partial charge in [0.1, 0.15) is 0 Å². The van der Waals surface area contributed by atoms with Gasteiger partial charge < -0.3 is 9.80 Å². The smallest absolute Gasteiger partial charge is 0.0109 e. The molecule has 0 spiro atoms. The van der Waals surface area contributed by atoms with Gasteiger partial charge in [0.05, 0.1) is 0 Å². The molecule has 0 aromatic heterocycles. The monoisotopic (exact) mass is 216 g/mol. The van der Waals surface area contributed by atoms with Crippen molar-refractivity contribution in [3.63, 3.8) is 0 Å². The molecule has 1 aliphatic rings. The van der Waals surface area contributed by atoms with Gasteiger partial charge >= 0.3 is 0 Å². The minimum atomic E-state index is 0.779. The van der Waals surface area contributed by atoms with Crippen LogP contribution in [0.1, 0.15) is 19.8 Å². The molecule has 0 aromatic rings. The Hall–Kier alpha value is 0.270. The van der Waals surface area contributed by atoms with Crippen molar-refractivity contribution in [3.05, 3.63) is 0 Å². The molecule has 1 aliphatic heterocycles. The van der Waals surface area contributed by atoms with E-state index in [1.54, 1.807) is 0 Å². The predicted molar refractivity (Wildman–Crippen MR) is 66.2 cm³/mol. The van der Waals surface area contributed by atoms with E-state index < -0.39 is 0 Å². The number of hydrogen-bond donors (Lipinski definition) is 1. The molecule has 1 unspecified atom stereocenters. The molecule has 14 heavy (non-hydrogen) atoms. The lowest BCUT2D eigenvalue weighted by molar-refractivity contribution is 0.242. The Morgan fingerprint density at radius 3 is 2.64 bits per heavy atom. The maximum atomic E-state index is 4.40. The Morgan fingerprint density at radius 1 is 1.21 bits per heavy atom. The third kappa shape index (κ3) is 4.20. The summed E-state index contributed by atoms with van der Waals surface area (Å²) in [6.45, 7) is 8.51. The van der Waals surface area contributed by atoms with Gasteiger partial charge in [0.15, 0.2) is 0 Å². The van der Waals surface area contributed by atoms with Crippen LogP contribution < -0.4 is 0 Å². The second kappa shape index (κ2) is 6.70. The molecule has 0 N–H and O–H groups in total. The molecule has 0 aliphatic carbocycles. The molecule has 3 heteroatoms. The maximum Gasteiger partial charge on any atom is 0.0109 e. The molecular weight excluding hydrogens is 192 g/mol. The van der Waals surface area contributed by atoms with Crippen molar-refractivity contribution in [3.8, 4) is 0 Å². The third-order valence-corrected chi connectivity index (χ3v) is 3.68. The fourth-order valence-electron chi connectivity index (χ4n) is 1.96. The van der Waals surface area contributed by atoms with Crippen molar-refractivity contribution < 1.29 is 0 Å². The van der Waals surface area contributed by atoms with Gasteiger partial charge in [-0.2, -0.15) is 12.6 Å². The van der Waals surface area contributed by atoms with Crippen molar-refractivity contribution in [2.45, 2.75) is 19.8 Å². The number of nitrogens with zero attached hydrogens (tertiary/aromatic N) is 2. The zero-order chi connectivity index (χ0) is 10.4. The summed E-state index contributed by atoms with van der Waals surface area (Å²) in [6, 6.07) is 0. The summed E-state index contributed by atoms with van der Waals surface area (Å²) in [6.07, 6.45) is 2.58. The van der Waals surface area contributed by atoms with Gasteiger partial charge in [-0.25, -0.2) is 0 Å².